The zero-order valence-corrected chi connectivity index (χ0v) is 78.0. The molecule has 145 heavy (non-hydrogen) atoms. The highest BCUT2D eigenvalue weighted by atomic mass is 16.4. The van der Waals surface area contributed by atoms with E-state index in [1.807, 2.05) is 133 Å². The SMILES string of the molecule is c1ccc(-c2cccc(N(c3ccc4ccc5ccc6nc(-c7ccccc7)oc6c5c4c3)c3cccc4c3oc3ccccc34)c2)cc1.c1ccc(-c2cccc(N(c3ccc4oc5ccccc5c4c3)c3ccc4ccc5ccc6nc(-c7ccccc7)oc6c5c4c3)c2)cc1.c1ccc(-c2nc3ccc4ccc5ccc(N(c6ccc7ccccc7c6)c6ccc7oc8ccccc8c7c6)cc5c4c3o2)cc1. The Morgan fingerprint density at radius 3 is 0.855 bits per heavy atom. The van der Waals surface area contributed by atoms with Crippen molar-refractivity contribution in [1.82, 2.24) is 15.0 Å². The van der Waals surface area contributed by atoms with Crippen molar-refractivity contribution >= 4 is 226 Å². The van der Waals surface area contributed by atoms with E-state index >= 15 is 0 Å². The van der Waals surface area contributed by atoms with Crippen LogP contribution in [0.2, 0.25) is 0 Å². The van der Waals surface area contributed by atoms with E-state index in [9.17, 15) is 0 Å². The first-order valence-electron chi connectivity index (χ1n) is 48.7. The van der Waals surface area contributed by atoms with Crippen LogP contribution in [-0.2, 0) is 0 Å². The summed E-state index contributed by atoms with van der Waals surface area (Å²) in [6.07, 6.45) is 0. The van der Waals surface area contributed by atoms with Gasteiger partial charge in [-0.3, -0.25) is 0 Å². The fourth-order valence-electron chi connectivity index (χ4n) is 21.2. The number of para-hydroxylation sites is 4. The zero-order chi connectivity index (χ0) is 95.5. The summed E-state index contributed by atoms with van der Waals surface area (Å²) >= 11 is 0. The number of rotatable bonds is 14. The Bertz CT molecular complexity index is 10300. The van der Waals surface area contributed by atoms with Gasteiger partial charge in [-0.2, -0.15) is 0 Å². The maximum atomic E-state index is 6.62. The van der Waals surface area contributed by atoms with Gasteiger partial charge in [0.25, 0.3) is 0 Å². The van der Waals surface area contributed by atoms with Gasteiger partial charge in [-0.25, -0.2) is 15.0 Å². The van der Waals surface area contributed by atoms with E-state index in [0.29, 0.717) is 17.7 Å². The number of hydrogen-bond donors (Lipinski definition) is 0. The summed E-state index contributed by atoms with van der Waals surface area (Å²) in [5.41, 5.74) is 27.0. The predicted octanol–water partition coefficient (Wildman–Crippen LogP) is 38.0. The highest BCUT2D eigenvalue weighted by Crippen LogP contribution is 2.50. The molecule has 0 aliphatic carbocycles. The van der Waals surface area contributed by atoms with Crippen LogP contribution in [0.3, 0.4) is 0 Å². The number of hydrogen-bond acceptors (Lipinski definition) is 12. The van der Waals surface area contributed by atoms with Gasteiger partial charge in [0.05, 0.1) is 5.69 Å². The molecule has 0 N–H and O–H groups in total. The number of furan rings is 3. The van der Waals surface area contributed by atoms with E-state index < -0.39 is 0 Å². The lowest BCUT2D eigenvalue weighted by atomic mass is 9.99. The second-order valence-corrected chi connectivity index (χ2v) is 36.8. The molecule has 0 spiro atoms. The molecule has 30 aromatic rings. The molecule has 0 saturated carbocycles. The van der Waals surface area contributed by atoms with Crippen molar-refractivity contribution in [2.45, 2.75) is 0 Å². The second-order valence-electron chi connectivity index (χ2n) is 36.8. The average molecular weight is 1860 g/mol. The van der Waals surface area contributed by atoms with Crippen molar-refractivity contribution in [3.8, 4) is 56.6 Å². The maximum Gasteiger partial charge on any atom is 0.227 e. The van der Waals surface area contributed by atoms with E-state index in [1.54, 1.807) is 0 Å². The topological polar surface area (TPSA) is 127 Å². The summed E-state index contributed by atoms with van der Waals surface area (Å²) in [4.78, 5) is 21.7. The van der Waals surface area contributed by atoms with Crippen LogP contribution in [0.1, 0.15) is 0 Å². The molecule has 0 fully saturated rings. The minimum absolute atomic E-state index is 0.618. The maximum absolute atomic E-state index is 6.62. The van der Waals surface area contributed by atoms with Gasteiger partial charge >= 0.3 is 0 Å². The first-order valence-corrected chi connectivity index (χ1v) is 48.7. The normalized spacial score (nSPS) is 11.7. The molecule has 6 heterocycles. The van der Waals surface area contributed by atoms with E-state index in [0.717, 1.165) is 248 Å². The standard InChI is InChI=1S/2C45H28N2O2.C43H26N2O2/c1-3-11-29(12-4-1)33-15-9-16-34(27-33)47(40-19-10-18-37-36-17-7-8-20-41(36)48-43(37)40)35-25-23-30-21-22-31-24-26-39-44(42(31)38(30)28-35)49-45(46-39)32-13-5-2-6-14-32;1-3-10-29(11-4-1)33-14-9-15-34(26-33)47(36-23-25-42-39(28-36)37-16-7-8-17-41(37)48-42)35-22-20-30-18-19-31-21-24-40-44(43(31)38(30)27-35)49-45(46-40)32-12-5-2-6-13-32;1-2-9-30(10-3-1)43-44-38-22-18-29-15-14-28-17-20-33(25-36(28)41(29)42(38)47-43)45(32-19-16-27-8-4-5-11-31(27)24-32)34-21-23-40-37(26-34)35-12-6-7-13-39(35)46-40/h2*1-28H;1-26H. The highest BCUT2D eigenvalue weighted by Gasteiger charge is 2.27. The Morgan fingerprint density at radius 1 is 0.145 bits per heavy atom. The second kappa shape index (κ2) is 34.7. The molecule has 0 atom stereocenters. The summed E-state index contributed by atoms with van der Waals surface area (Å²) in [7, 11) is 0. The third kappa shape index (κ3) is 14.8. The molecule has 0 unspecified atom stereocenters. The first kappa shape index (κ1) is 83.5. The number of fused-ring (bicyclic) bond motifs is 25. The zero-order valence-electron chi connectivity index (χ0n) is 78.0. The third-order valence-electron chi connectivity index (χ3n) is 28.1. The van der Waals surface area contributed by atoms with Crippen molar-refractivity contribution in [3.63, 3.8) is 0 Å². The average Bonchev–Trinajstić information content (AvgIpc) is 1.70. The van der Waals surface area contributed by atoms with Crippen LogP contribution in [0.4, 0.5) is 51.2 Å². The number of nitrogens with zero attached hydrogens (tertiary/aromatic N) is 6. The smallest absolute Gasteiger partial charge is 0.227 e. The van der Waals surface area contributed by atoms with Gasteiger partial charge in [-0.15, -0.1) is 0 Å². The predicted molar refractivity (Wildman–Crippen MR) is 598 cm³/mol. The van der Waals surface area contributed by atoms with E-state index in [2.05, 4.69) is 379 Å². The minimum Gasteiger partial charge on any atom is -0.456 e. The van der Waals surface area contributed by atoms with E-state index in [4.69, 9.17) is 41.5 Å². The van der Waals surface area contributed by atoms with Crippen molar-refractivity contribution in [1.29, 1.82) is 0 Å². The van der Waals surface area contributed by atoms with Crippen molar-refractivity contribution in [2.75, 3.05) is 14.7 Å². The fraction of sp³-hybridized carbons (Fsp3) is 0. The molecule has 0 radical (unpaired) electrons. The molecule has 680 valence electrons. The molecule has 0 bridgehead atoms. The first-order chi connectivity index (χ1) is 71.8. The highest BCUT2D eigenvalue weighted by molar-refractivity contribution is 6.23. The van der Waals surface area contributed by atoms with Crippen molar-refractivity contribution in [2.24, 2.45) is 0 Å². The van der Waals surface area contributed by atoms with Crippen LogP contribution in [0.15, 0.2) is 524 Å². The Balaban J connectivity index is 0.000000106. The van der Waals surface area contributed by atoms with Crippen molar-refractivity contribution in [3.05, 3.63) is 497 Å². The van der Waals surface area contributed by atoms with Crippen LogP contribution in [0.25, 0.3) is 231 Å². The van der Waals surface area contributed by atoms with Gasteiger partial charge in [0.1, 0.15) is 44.5 Å². The Kier molecular flexibility index (Phi) is 20.0. The molecule has 0 aliphatic rings. The molecule has 12 heteroatoms. The molecular weight excluding hydrogens is 1780 g/mol. The molecule has 30 rings (SSSR count). The minimum atomic E-state index is 0.618. The lowest BCUT2D eigenvalue weighted by Crippen LogP contribution is -2.10. The lowest BCUT2D eigenvalue weighted by Gasteiger charge is -2.26. The molecule has 12 nitrogen and oxygen atoms in total. The largest absolute Gasteiger partial charge is 0.456 e. The molecule has 6 aromatic heterocycles. The molecule has 24 aromatic carbocycles. The summed E-state index contributed by atoms with van der Waals surface area (Å²) in [6.45, 7) is 0. The van der Waals surface area contributed by atoms with Crippen LogP contribution >= 0.6 is 0 Å². The number of anilines is 9. The van der Waals surface area contributed by atoms with E-state index in [-0.39, 0.29) is 0 Å². The van der Waals surface area contributed by atoms with Crippen LogP contribution < -0.4 is 14.7 Å². The van der Waals surface area contributed by atoms with Crippen LogP contribution in [-0.4, -0.2) is 15.0 Å². The number of benzene rings is 24. The monoisotopic (exact) mass is 1860 g/mol. The number of aromatic nitrogens is 3. The van der Waals surface area contributed by atoms with Gasteiger partial charge in [0, 0.05) is 111 Å². The fourth-order valence-corrected chi connectivity index (χ4v) is 21.2. The van der Waals surface area contributed by atoms with Gasteiger partial charge < -0.3 is 41.2 Å². The molecule has 0 amide bonds. The van der Waals surface area contributed by atoms with Crippen LogP contribution in [0, 0.1) is 0 Å². The quantitative estimate of drug-likeness (QED) is 0.0962. The van der Waals surface area contributed by atoms with Gasteiger partial charge in [-0.05, 0) is 270 Å². The summed E-state index contributed by atoms with van der Waals surface area (Å²) in [5.74, 6) is 1.86. The van der Waals surface area contributed by atoms with Crippen LogP contribution in [0.5, 0.6) is 0 Å². The Labute approximate surface area is 830 Å². The third-order valence-corrected chi connectivity index (χ3v) is 28.1. The van der Waals surface area contributed by atoms with Gasteiger partial charge in [0.15, 0.2) is 22.3 Å². The molecular formula is C133H82N6O6. The van der Waals surface area contributed by atoms with Gasteiger partial charge in [-0.1, -0.05) is 309 Å². The van der Waals surface area contributed by atoms with E-state index in [1.165, 1.54) is 16.3 Å². The number of oxazole rings is 3. The van der Waals surface area contributed by atoms with Gasteiger partial charge in [0.2, 0.25) is 17.7 Å². The molecule has 0 aliphatic heterocycles. The Hall–Kier alpha value is -19.7. The summed E-state index contributed by atoms with van der Waals surface area (Å²) < 4.78 is 38.7. The summed E-state index contributed by atoms with van der Waals surface area (Å²) in [5, 5.41) is 22.2. The summed E-state index contributed by atoms with van der Waals surface area (Å²) in [6, 6.07) is 174. The van der Waals surface area contributed by atoms with Crippen molar-refractivity contribution < 1.29 is 26.5 Å². The lowest BCUT2D eigenvalue weighted by molar-refractivity contribution is 0.623. The Morgan fingerprint density at radius 2 is 0.428 bits per heavy atom. The molecule has 0 saturated heterocycles.